The number of halogens is 4. The Hall–Kier alpha value is -1.16. The third-order valence-corrected chi connectivity index (χ3v) is 3.82. The second-order valence-corrected chi connectivity index (χ2v) is 5.52. The van der Waals surface area contributed by atoms with Crippen LogP contribution in [-0.2, 0) is 6.42 Å². The van der Waals surface area contributed by atoms with E-state index in [0.717, 1.165) is 5.56 Å². The standard InChI is InChI=1S/C16H15Cl2F2N/c1-2-21-16(11-7-6-10(17)8-13(11)18)9-12-14(19)4-3-5-15(12)20/h3-8,16,21H,2,9H2,1H3. The summed E-state index contributed by atoms with van der Waals surface area (Å²) in [6, 6.07) is 8.69. The molecule has 2 aromatic carbocycles. The molecule has 0 fully saturated rings. The molecule has 2 aromatic rings. The van der Waals surface area contributed by atoms with Gasteiger partial charge in [-0.3, -0.25) is 0 Å². The molecule has 0 spiro atoms. The Kier molecular flexibility index (Phi) is 5.57. The molecule has 112 valence electrons. The predicted octanol–water partition coefficient (Wildman–Crippen LogP) is 5.16. The van der Waals surface area contributed by atoms with E-state index in [0.29, 0.717) is 16.6 Å². The van der Waals surface area contributed by atoms with Crippen LogP contribution in [0, 0.1) is 11.6 Å². The number of hydrogen-bond donors (Lipinski definition) is 1. The average Bonchev–Trinajstić information content (AvgIpc) is 2.42. The molecule has 5 heteroatoms. The van der Waals surface area contributed by atoms with Crippen LogP contribution in [0.4, 0.5) is 8.78 Å². The van der Waals surface area contributed by atoms with Crippen molar-refractivity contribution in [3.05, 3.63) is 69.2 Å². The molecule has 0 bridgehead atoms. The van der Waals surface area contributed by atoms with E-state index < -0.39 is 11.6 Å². The first-order valence-electron chi connectivity index (χ1n) is 6.64. The van der Waals surface area contributed by atoms with Crippen molar-refractivity contribution < 1.29 is 8.78 Å². The monoisotopic (exact) mass is 329 g/mol. The minimum atomic E-state index is -0.553. The first kappa shape index (κ1) is 16.2. The molecule has 1 N–H and O–H groups in total. The average molecular weight is 330 g/mol. The molecule has 0 aromatic heterocycles. The van der Waals surface area contributed by atoms with E-state index in [-0.39, 0.29) is 18.0 Å². The minimum absolute atomic E-state index is 0.0504. The fourth-order valence-corrected chi connectivity index (χ4v) is 2.79. The van der Waals surface area contributed by atoms with Crippen molar-refractivity contribution in [3.63, 3.8) is 0 Å². The SMILES string of the molecule is CCNC(Cc1c(F)cccc1F)c1ccc(Cl)cc1Cl. The van der Waals surface area contributed by atoms with Crippen molar-refractivity contribution in [2.45, 2.75) is 19.4 Å². The zero-order valence-electron chi connectivity index (χ0n) is 11.5. The van der Waals surface area contributed by atoms with Crippen molar-refractivity contribution in [3.8, 4) is 0 Å². The van der Waals surface area contributed by atoms with E-state index in [2.05, 4.69) is 5.32 Å². The van der Waals surface area contributed by atoms with Gasteiger partial charge in [-0.1, -0.05) is 42.3 Å². The lowest BCUT2D eigenvalue weighted by Gasteiger charge is -2.20. The van der Waals surface area contributed by atoms with Gasteiger partial charge in [-0.25, -0.2) is 8.78 Å². The first-order valence-corrected chi connectivity index (χ1v) is 7.39. The van der Waals surface area contributed by atoms with Gasteiger partial charge < -0.3 is 5.32 Å². The Morgan fingerprint density at radius 2 is 1.76 bits per heavy atom. The molecular weight excluding hydrogens is 315 g/mol. The highest BCUT2D eigenvalue weighted by Crippen LogP contribution is 2.29. The Balaban J connectivity index is 2.35. The van der Waals surface area contributed by atoms with Crippen LogP contribution >= 0.6 is 23.2 Å². The lowest BCUT2D eigenvalue weighted by Crippen LogP contribution is -2.24. The van der Waals surface area contributed by atoms with Crippen molar-refractivity contribution >= 4 is 23.2 Å². The molecule has 2 rings (SSSR count). The number of benzene rings is 2. The highest BCUT2D eigenvalue weighted by atomic mass is 35.5. The third-order valence-electron chi connectivity index (χ3n) is 3.26. The van der Waals surface area contributed by atoms with E-state index in [1.54, 1.807) is 18.2 Å². The number of hydrogen-bond acceptors (Lipinski definition) is 1. The molecule has 1 unspecified atom stereocenters. The van der Waals surface area contributed by atoms with Gasteiger partial charge in [0.05, 0.1) is 0 Å². The molecule has 0 saturated carbocycles. The first-order chi connectivity index (χ1) is 10.0. The second kappa shape index (κ2) is 7.21. The lowest BCUT2D eigenvalue weighted by atomic mass is 9.98. The van der Waals surface area contributed by atoms with Gasteiger partial charge in [0, 0.05) is 21.7 Å². The molecule has 21 heavy (non-hydrogen) atoms. The van der Waals surface area contributed by atoms with Crippen molar-refractivity contribution in [2.75, 3.05) is 6.54 Å². The van der Waals surface area contributed by atoms with Crippen LogP contribution in [-0.4, -0.2) is 6.54 Å². The number of rotatable bonds is 5. The molecular formula is C16H15Cl2F2N. The minimum Gasteiger partial charge on any atom is -0.310 e. The van der Waals surface area contributed by atoms with Gasteiger partial charge in [-0.15, -0.1) is 0 Å². The summed E-state index contributed by atoms with van der Waals surface area (Å²) in [6.45, 7) is 2.58. The zero-order chi connectivity index (χ0) is 15.4. The summed E-state index contributed by atoms with van der Waals surface area (Å²) in [5, 5.41) is 4.20. The second-order valence-electron chi connectivity index (χ2n) is 4.68. The van der Waals surface area contributed by atoms with Gasteiger partial charge in [-0.05, 0) is 42.8 Å². The highest BCUT2D eigenvalue weighted by Gasteiger charge is 2.19. The number of nitrogens with one attached hydrogen (secondary N) is 1. The van der Waals surface area contributed by atoms with Crippen LogP contribution in [0.5, 0.6) is 0 Å². The van der Waals surface area contributed by atoms with E-state index >= 15 is 0 Å². The normalized spacial score (nSPS) is 12.4. The maximum absolute atomic E-state index is 13.8. The Morgan fingerprint density at radius 3 is 2.33 bits per heavy atom. The molecule has 0 radical (unpaired) electrons. The van der Waals surface area contributed by atoms with Gasteiger partial charge in [0.25, 0.3) is 0 Å². The lowest BCUT2D eigenvalue weighted by molar-refractivity contribution is 0.499. The molecule has 0 aliphatic carbocycles. The smallest absolute Gasteiger partial charge is 0.129 e. The summed E-state index contributed by atoms with van der Waals surface area (Å²) in [5.74, 6) is -1.11. The Labute approximate surface area is 132 Å². The van der Waals surface area contributed by atoms with Gasteiger partial charge in [0.2, 0.25) is 0 Å². The predicted molar refractivity (Wildman–Crippen MR) is 82.9 cm³/mol. The van der Waals surface area contributed by atoms with Gasteiger partial charge >= 0.3 is 0 Å². The van der Waals surface area contributed by atoms with Gasteiger partial charge in [-0.2, -0.15) is 0 Å². The van der Waals surface area contributed by atoms with Gasteiger partial charge in [0.1, 0.15) is 11.6 Å². The van der Waals surface area contributed by atoms with Crippen LogP contribution in [0.25, 0.3) is 0 Å². The summed E-state index contributed by atoms with van der Waals surface area (Å²) in [6.07, 6.45) is 0.174. The van der Waals surface area contributed by atoms with Crippen molar-refractivity contribution in [1.82, 2.24) is 5.32 Å². The van der Waals surface area contributed by atoms with Crippen LogP contribution in [0.3, 0.4) is 0 Å². The molecule has 0 saturated heterocycles. The zero-order valence-corrected chi connectivity index (χ0v) is 13.0. The summed E-state index contributed by atoms with van der Waals surface area (Å²) in [5.41, 5.74) is 0.819. The molecule has 0 heterocycles. The summed E-state index contributed by atoms with van der Waals surface area (Å²) < 4.78 is 27.6. The topological polar surface area (TPSA) is 12.0 Å². The largest absolute Gasteiger partial charge is 0.310 e. The van der Waals surface area contributed by atoms with Crippen LogP contribution < -0.4 is 5.32 Å². The molecule has 0 aliphatic rings. The Morgan fingerprint density at radius 1 is 1.10 bits per heavy atom. The van der Waals surface area contributed by atoms with Gasteiger partial charge in [0.15, 0.2) is 0 Å². The number of likely N-dealkylation sites (N-methyl/N-ethyl adjacent to an activating group) is 1. The molecule has 1 nitrogen and oxygen atoms in total. The quantitative estimate of drug-likeness (QED) is 0.798. The fraction of sp³-hybridized carbons (Fsp3) is 0.250. The van der Waals surface area contributed by atoms with E-state index in [1.807, 2.05) is 6.92 Å². The highest BCUT2D eigenvalue weighted by molar-refractivity contribution is 6.35. The third kappa shape index (κ3) is 3.94. The summed E-state index contributed by atoms with van der Waals surface area (Å²) in [7, 11) is 0. The van der Waals surface area contributed by atoms with Crippen LogP contribution in [0.15, 0.2) is 36.4 Å². The molecule has 1 atom stereocenters. The van der Waals surface area contributed by atoms with Crippen molar-refractivity contribution in [1.29, 1.82) is 0 Å². The van der Waals surface area contributed by atoms with Crippen LogP contribution in [0.2, 0.25) is 10.0 Å². The summed E-state index contributed by atoms with van der Waals surface area (Å²) >= 11 is 12.1. The summed E-state index contributed by atoms with van der Waals surface area (Å²) in [4.78, 5) is 0. The van der Waals surface area contributed by atoms with E-state index in [4.69, 9.17) is 23.2 Å². The fourth-order valence-electron chi connectivity index (χ4n) is 2.25. The van der Waals surface area contributed by atoms with Crippen molar-refractivity contribution in [2.24, 2.45) is 0 Å². The van der Waals surface area contributed by atoms with Crippen LogP contribution in [0.1, 0.15) is 24.1 Å². The molecule has 0 aliphatic heterocycles. The molecule has 0 amide bonds. The Bertz CT molecular complexity index is 611. The van der Waals surface area contributed by atoms with E-state index in [9.17, 15) is 8.78 Å². The maximum atomic E-state index is 13.8. The maximum Gasteiger partial charge on any atom is 0.129 e. The van der Waals surface area contributed by atoms with E-state index in [1.165, 1.54) is 18.2 Å².